The number of ether oxygens (including phenoxy) is 2. The second-order valence-corrected chi connectivity index (χ2v) is 30.1. The van der Waals surface area contributed by atoms with E-state index in [0.29, 0.717) is 34.0 Å². The number of aromatic hydroxyl groups is 2. The van der Waals surface area contributed by atoms with E-state index in [1.807, 2.05) is 45.0 Å². The molecular formula is C94H99ClN10O9S. The number of anilines is 2. The van der Waals surface area contributed by atoms with Gasteiger partial charge in [-0.15, -0.1) is 0 Å². The molecule has 0 aromatic heterocycles. The average molecular weight is 1580 g/mol. The van der Waals surface area contributed by atoms with Crippen LogP contribution in [0.15, 0.2) is 265 Å². The minimum atomic E-state index is -4.27. The highest BCUT2D eigenvalue weighted by Crippen LogP contribution is 2.51. The molecule has 21 heteroatoms. The van der Waals surface area contributed by atoms with Crippen LogP contribution in [0.2, 0.25) is 0 Å². The van der Waals surface area contributed by atoms with Crippen molar-refractivity contribution in [2.24, 2.45) is 15.0 Å². The highest BCUT2D eigenvalue weighted by Gasteiger charge is 2.44. The van der Waals surface area contributed by atoms with Crippen LogP contribution in [0.4, 0.5) is 22.7 Å². The van der Waals surface area contributed by atoms with Crippen molar-refractivity contribution >= 4 is 115 Å². The number of halogens is 1. The molecule has 2 heterocycles. The van der Waals surface area contributed by atoms with Crippen molar-refractivity contribution in [2.75, 3.05) is 65.3 Å². The van der Waals surface area contributed by atoms with Crippen LogP contribution in [0.25, 0.3) is 33.7 Å². The van der Waals surface area contributed by atoms with Gasteiger partial charge in [0.25, 0.3) is 0 Å². The first-order chi connectivity index (χ1) is 54.7. The van der Waals surface area contributed by atoms with Gasteiger partial charge in [-0.25, -0.2) is 23.4 Å². The predicted molar refractivity (Wildman–Crippen MR) is 468 cm³/mol. The van der Waals surface area contributed by atoms with E-state index in [1.165, 1.54) is 123 Å². The third-order valence-corrected chi connectivity index (χ3v) is 21.0. The molecule has 11 rings (SSSR count). The number of hydrogen-bond donors (Lipinski definition) is 2. The van der Waals surface area contributed by atoms with Crippen LogP contribution in [0.5, 0.6) is 23.0 Å². The van der Waals surface area contributed by atoms with E-state index in [-0.39, 0.29) is 56.5 Å². The number of phenols is 2. The minimum Gasteiger partial charge on any atom is -0.744 e. The third-order valence-electron chi connectivity index (χ3n) is 19.6. The van der Waals surface area contributed by atoms with Crippen LogP contribution in [-0.2, 0) is 30.5 Å². The standard InChI is InChI=1S/C40H40ClN2.C21H20O6.C18H23N5.C8H9N3.C7H8O3S/c1-39(2)34(42(5)32-22-18-26-12-7-9-16-30(26)36(32)39)24-20-28-14-11-15-29(38(28)41)21-25-35-40(3,4)37-31-17-10-8-13-27(31)19-23-33(37)43(35)6;1-26-20-11-14(5-9-18(20)24)3-7-16(22)13-17(23)8-4-15-6-10-19(25)21(12-15)27-2;1-7-23(8-2)15-9-10-16(13(3)11-15)22-17(12-19)14(4)18(20-5)21-6;1-11(2)5-3-4-8(6-9)7-10;1-6-2-4-7(5-3-6)11(8,9)10/h7-10,12-13,16-25H,11,14-15H2,1-6H3;3-12,24-25H,13H2,1-2H3;9-11H,5-8H2,1-4H3;3-5H,1-2H3;2-5H,1H3,(H,8,9,10)/q+1;;;;/p-1/b;7-3+,8-4+;;5-3+;. The Balaban J connectivity index is 0.000000219. The van der Waals surface area contributed by atoms with Gasteiger partial charge in [0.05, 0.1) is 36.6 Å². The van der Waals surface area contributed by atoms with Gasteiger partial charge in [-0.3, -0.25) is 9.59 Å². The van der Waals surface area contributed by atoms with E-state index in [9.17, 15) is 38.0 Å². The second-order valence-electron chi connectivity index (χ2n) is 28.4. The fraction of sp³-hybridized carbons (Fsp3) is 0.245. The van der Waals surface area contributed by atoms with E-state index < -0.39 is 10.1 Å². The zero-order chi connectivity index (χ0) is 84.5. The number of fused-ring (bicyclic) bond motifs is 6. The molecule has 0 saturated heterocycles. The minimum absolute atomic E-state index is 0.00662. The number of ketones is 2. The highest BCUT2D eigenvalue weighted by molar-refractivity contribution is 7.85. The molecular weight excluding hydrogens is 1480 g/mol. The van der Waals surface area contributed by atoms with Crippen molar-refractivity contribution in [2.45, 2.75) is 104 Å². The van der Waals surface area contributed by atoms with E-state index in [4.69, 9.17) is 31.6 Å². The molecule has 0 unspecified atom stereocenters. The molecule has 8 aromatic carbocycles. The number of nitriles is 3. The fourth-order valence-electron chi connectivity index (χ4n) is 13.6. The highest BCUT2D eigenvalue weighted by atomic mass is 35.5. The molecule has 1 aliphatic carbocycles. The zero-order valence-electron chi connectivity index (χ0n) is 68.0. The number of carbonyl (C=O) groups excluding carboxylic acids is 2. The number of hydrogen-bond acceptors (Lipinski definition) is 18. The molecule has 0 bridgehead atoms. The fourth-order valence-corrected chi connectivity index (χ4v) is 14.4. The number of phenolic OH excluding ortho intramolecular Hbond substituents is 2. The van der Waals surface area contributed by atoms with Crippen molar-refractivity contribution in [1.29, 1.82) is 15.8 Å². The SMILES string of the molecule is C=NC(N=C)=C(C)C(C#N)=Nc1ccc(N(CC)CC)cc1C.CN(C)/C=C/C=C(C#N)C#N.CN1/C(=C/C=C2CCCC(/C=C/C3=[N+](C)c4ccc5ccccc5c4C3(C)C)=C2Cl)C(C)(C)c2c1ccc1ccccc21.COc1cc(/C=C/C(=O)CC(=O)/C=C/c2ccc(O)c(OC)c2)ccc1O.Cc1ccc(S(=O)(=O)[O-])cc1. The Labute approximate surface area is 681 Å². The first-order valence-corrected chi connectivity index (χ1v) is 38.9. The number of carbonyl (C=O) groups is 2. The Kier molecular flexibility index (Phi) is 32.0. The largest absolute Gasteiger partial charge is 0.744 e. The molecule has 115 heavy (non-hydrogen) atoms. The van der Waals surface area contributed by atoms with Crippen LogP contribution in [0.1, 0.15) is 108 Å². The molecule has 3 aliphatic rings. The quantitative estimate of drug-likeness (QED) is 0.0129. The molecule has 8 aromatic rings. The van der Waals surface area contributed by atoms with E-state index in [0.717, 1.165) is 59.9 Å². The Morgan fingerprint density at radius 3 is 1.78 bits per heavy atom. The van der Waals surface area contributed by atoms with E-state index >= 15 is 0 Å². The van der Waals surface area contributed by atoms with Crippen LogP contribution in [-0.4, -0.2) is 125 Å². The van der Waals surface area contributed by atoms with Gasteiger partial charge in [0.2, 0.25) is 5.69 Å². The van der Waals surface area contributed by atoms with Gasteiger partial charge in [-0.05, 0) is 239 Å². The topological polar surface area (TPSA) is 271 Å². The van der Waals surface area contributed by atoms with Gasteiger partial charge in [0.1, 0.15) is 46.7 Å². The van der Waals surface area contributed by atoms with Gasteiger partial charge < -0.3 is 38.9 Å². The van der Waals surface area contributed by atoms with Gasteiger partial charge in [0.15, 0.2) is 46.1 Å². The molecule has 0 fully saturated rings. The lowest BCUT2D eigenvalue weighted by Gasteiger charge is -2.25. The number of benzene rings is 8. The Hall–Kier alpha value is -12.8. The molecule has 0 amide bonds. The molecule has 592 valence electrons. The second kappa shape index (κ2) is 41.1. The Morgan fingerprint density at radius 1 is 0.713 bits per heavy atom. The summed E-state index contributed by atoms with van der Waals surface area (Å²) in [5.74, 6) is 0.239. The molecule has 0 saturated carbocycles. The lowest BCUT2D eigenvalue weighted by atomic mass is 9.79. The summed E-state index contributed by atoms with van der Waals surface area (Å²) >= 11 is 7.16. The molecule has 0 spiro atoms. The summed E-state index contributed by atoms with van der Waals surface area (Å²) in [5, 5.41) is 51.2. The number of aryl methyl sites for hydroxylation is 2. The summed E-state index contributed by atoms with van der Waals surface area (Å²) in [6.45, 7) is 27.9. The average Bonchev–Trinajstić information content (AvgIpc) is 1.58. The van der Waals surface area contributed by atoms with Crippen molar-refractivity contribution < 1.29 is 46.8 Å². The summed E-state index contributed by atoms with van der Waals surface area (Å²) in [7, 11) is 6.71. The number of methoxy groups -OCH3 is 2. The maximum absolute atomic E-state index is 11.9. The number of likely N-dealkylation sites (N-methyl/N-ethyl adjacent to an activating group) is 1. The van der Waals surface area contributed by atoms with Gasteiger partial charge in [-0.1, -0.05) is 134 Å². The number of rotatable bonds is 21. The molecule has 19 nitrogen and oxygen atoms in total. The van der Waals surface area contributed by atoms with Crippen LogP contribution in [0, 0.1) is 47.8 Å². The third kappa shape index (κ3) is 23.0. The monoisotopic (exact) mass is 1580 g/mol. The summed E-state index contributed by atoms with van der Waals surface area (Å²) in [6.07, 6.45) is 22.6. The Bertz CT molecular complexity index is 5510. The summed E-state index contributed by atoms with van der Waals surface area (Å²) < 4.78 is 43.5. The first kappa shape index (κ1) is 89.4. The maximum atomic E-state index is 11.9. The molecule has 2 N–H and O–H groups in total. The Morgan fingerprint density at radius 2 is 1.27 bits per heavy atom. The van der Waals surface area contributed by atoms with Crippen LogP contribution >= 0.6 is 11.6 Å². The van der Waals surface area contributed by atoms with Crippen molar-refractivity contribution in [3.8, 4) is 41.2 Å². The normalized spacial score (nSPS) is 14.6. The summed E-state index contributed by atoms with van der Waals surface area (Å²) in [6, 6.07) is 53.2. The van der Waals surface area contributed by atoms with Crippen LogP contribution < -0.4 is 19.3 Å². The molecule has 0 radical (unpaired) electrons. The molecule has 2 aliphatic heterocycles. The van der Waals surface area contributed by atoms with E-state index in [2.05, 4.69) is 208 Å². The van der Waals surface area contributed by atoms with Crippen molar-refractivity contribution in [1.82, 2.24) is 4.90 Å². The maximum Gasteiger partial charge on any atom is 0.210 e. The van der Waals surface area contributed by atoms with Gasteiger partial charge in [-0.2, -0.15) is 20.4 Å². The number of allylic oxidation sites excluding steroid dienone is 14. The number of nitrogens with zero attached hydrogens (tertiary/aromatic N) is 10. The van der Waals surface area contributed by atoms with Crippen molar-refractivity contribution in [3.63, 3.8) is 0 Å². The molecule has 0 atom stereocenters. The van der Waals surface area contributed by atoms with Crippen molar-refractivity contribution in [3.05, 3.63) is 279 Å². The smallest absolute Gasteiger partial charge is 0.210 e. The van der Waals surface area contributed by atoms with Gasteiger partial charge >= 0.3 is 0 Å². The lowest BCUT2D eigenvalue weighted by Crippen LogP contribution is -2.27. The predicted octanol–water partition coefficient (Wildman–Crippen LogP) is 19.8. The summed E-state index contributed by atoms with van der Waals surface area (Å²) in [4.78, 5) is 42.1. The zero-order valence-corrected chi connectivity index (χ0v) is 69.5. The first-order valence-electron chi connectivity index (χ1n) is 37.2. The van der Waals surface area contributed by atoms with Crippen LogP contribution in [0.3, 0.4) is 0 Å². The summed E-state index contributed by atoms with van der Waals surface area (Å²) in [5.41, 5.74) is 16.3. The van der Waals surface area contributed by atoms with E-state index in [1.54, 1.807) is 79.9 Å². The lowest BCUT2D eigenvalue weighted by molar-refractivity contribution is -0.401. The number of aliphatic imine (C=N–C) groups is 3. The van der Waals surface area contributed by atoms with Gasteiger partial charge in [0, 0.05) is 85.0 Å².